The minimum absolute atomic E-state index is 0.204. The smallest absolute Gasteiger partial charge is 0.338 e. The Bertz CT molecular complexity index is 1650. The van der Waals surface area contributed by atoms with Crippen LogP contribution in [-0.4, -0.2) is 31.9 Å². The average Bonchev–Trinajstić information content (AvgIpc) is 2.92. The third kappa shape index (κ3) is 6.60. The fourth-order valence-electron chi connectivity index (χ4n) is 4.32. The maximum atomic E-state index is 13.7. The van der Waals surface area contributed by atoms with Gasteiger partial charge in [-0.3, -0.25) is 9.88 Å². The number of hydrogen-bond acceptors (Lipinski definition) is 6. The quantitative estimate of drug-likeness (QED) is 0.205. The van der Waals surface area contributed by atoms with E-state index in [0.29, 0.717) is 23.3 Å². The Morgan fingerprint density at radius 2 is 1.56 bits per heavy atom. The van der Waals surface area contributed by atoms with E-state index in [1.165, 1.54) is 30.5 Å². The van der Waals surface area contributed by atoms with Crippen LogP contribution in [0.1, 0.15) is 22.6 Å². The predicted octanol–water partition coefficient (Wildman–Crippen LogP) is 7.50. The molecule has 0 bridgehead atoms. The highest BCUT2D eigenvalue weighted by Crippen LogP contribution is 2.37. The van der Waals surface area contributed by atoms with Gasteiger partial charge in [-0.05, 0) is 49.0 Å². The molecular formula is C29H22F6N6. The van der Waals surface area contributed by atoms with Crippen LogP contribution in [0.15, 0.2) is 85.2 Å². The molecule has 0 radical (unpaired) electrons. The number of rotatable bonds is 7. The van der Waals surface area contributed by atoms with Crippen LogP contribution in [0.2, 0.25) is 0 Å². The van der Waals surface area contributed by atoms with Crippen LogP contribution in [-0.2, 0) is 25.4 Å². The number of hydrogen-bond donors (Lipinski definition) is 1. The monoisotopic (exact) mass is 568 g/mol. The first kappa shape index (κ1) is 28.0. The second-order valence-corrected chi connectivity index (χ2v) is 9.33. The summed E-state index contributed by atoms with van der Waals surface area (Å²) in [6.07, 6.45) is -6.88. The maximum Gasteiger partial charge on any atom is 0.433 e. The molecule has 1 N–H and O–H groups in total. The summed E-state index contributed by atoms with van der Waals surface area (Å²) >= 11 is 0. The van der Waals surface area contributed by atoms with Crippen molar-refractivity contribution >= 4 is 22.4 Å². The van der Waals surface area contributed by atoms with Crippen LogP contribution in [0, 0.1) is 0 Å². The zero-order chi connectivity index (χ0) is 29.2. The molecule has 2 aromatic carbocycles. The topological polar surface area (TPSA) is 66.8 Å². The third-order valence-electron chi connectivity index (χ3n) is 6.15. The predicted molar refractivity (Wildman–Crippen MR) is 142 cm³/mol. The lowest BCUT2D eigenvalue weighted by molar-refractivity contribution is -0.141. The Morgan fingerprint density at radius 1 is 0.780 bits per heavy atom. The Hall–Kier alpha value is -4.58. The molecule has 12 heteroatoms. The minimum atomic E-state index is -4.61. The largest absolute Gasteiger partial charge is 0.433 e. The number of halogens is 6. The third-order valence-corrected chi connectivity index (χ3v) is 6.15. The molecule has 0 amide bonds. The Kier molecular flexibility index (Phi) is 7.59. The molecule has 3 aromatic heterocycles. The van der Waals surface area contributed by atoms with Gasteiger partial charge in [-0.15, -0.1) is 0 Å². The van der Waals surface area contributed by atoms with Gasteiger partial charge in [0.2, 0.25) is 0 Å². The lowest BCUT2D eigenvalue weighted by Crippen LogP contribution is -2.19. The second kappa shape index (κ2) is 11.1. The molecule has 3 heterocycles. The Balaban J connectivity index is 1.55. The van der Waals surface area contributed by atoms with Gasteiger partial charge in [0.1, 0.15) is 17.3 Å². The molecule has 0 atom stereocenters. The molecule has 5 rings (SSSR count). The van der Waals surface area contributed by atoms with E-state index in [1.807, 2.05) is 42.3 Å². The van der Waals surface area contributed by atoms with E-state index < -0.39 is 23.6 Å². The molecule has 0 aliphatic heterocycles. The molecule has 6 nitrogen and oxygen atoms in total. The van der Waals surface area contributed by atoms with E-state index in [2.05, 4.69) is 25.3 Å². The van der Waals surface area contributed by atoms with Gasteiger partial charge in [-0.25, -0.2) is 15.0 Å². The van der Waals surface area contributed by atoms with Gasteiger partial charge in [0, 0.05) is 23.7 Å². The van der Waals surface area contributed by atoms with Crippen molar-refractivity contribution in [2.75, 3.05) is 12.4 Å². The van der Waals surface area contributed by atoms with Gasteiger partial charge in [0.25, 0.3) is 0 Å². The summed E-state index contributed by atoms with van der Waals surface area (Å²) in [5.41, 5.74) is -0.331. The van der Waals surface area contributed by atoms with E-state index in [1.54, 1.807) is 6.07 Å². The lowest BCUT2D eigenvalue weighted by atomic mass is 10.0. The highest BCUT2D eigenvalue weighted by atomic mass is 19.4. The number of benzene rings is 2. The number of anilines is 2. The number of fused-ring (bicyclic) bond motifs is 1. The van der Waals surface area contributed by atoms with Crippen molar-refractivity contribution in [2.24, 2.45) is 0 Å². The molecule has 0 spiro atoms. The van der Waals surface area contributed by atoms with Gasteiger partial charge >= 0.3 is 12.4 Å². The SMILES string of the molecule is CN(Cc1ccccc1)Cc1nc(Nc2ccc(C(F)(F)F)nc2)c2ccc(-c3ncccc3C(F)(F)F)cc2n1. The van der Waals surface area contributed by atoms with Gasteiger partial charge < -0.3 is 5.32 Å². The average molecular weight is 569 g/mol. The molecule has 5 aromatic rings. The van der Waals surface area contributed by atoms with Crippen LogP contribution in [0.5, 0.6) is 0 Å². The van der Waals surface area contributed by atoms with Crippen molar-refractivity contribution in [2.45, 2.75) is 25.4 Å². The van der Waals surface area contributed by atoms with Crippen molar-refractivity contribution in [1.82, 2.24) is 24.8 Å². The van der Waals surface area contributed by atoms with E-state index >= 15 is 0 Å². The van der Waals surface area contributed by atoms with Crippen molar-refractivity contribution in [3.05, 3.63) is 108 Å². The normalized spacial score (nSPS) is 12.2. The van der Waals surface area contributed by atoms with Crippen molar-refractivity contribution in [1.29, 1.82) is 0 Å². The van der Waals surface area contributed by atoms with Crippen molar-refractivity contribution < 1.29 is 26.3 Å². The first-order valence-electron chi connectivity index (χ1n) is 12.3. The first-order chi connectivity index (χ1) is 19.5. The number of nitrogens with zero attached hydrogens (tertiary/aromatic N) is 5. The van der Waals surface area contributed by atoms with E-state index in [0.717, 1.165) is 23.9 Å². The first-order valence-corrected chi connectivity index (χ1v) is 12.3. The zero-order valence-corrected chi connectivity index (χ0v) is 21.5. The summed E-state index contributed by atoms with van der Waals surface area (Å²) in [6.45, 7) is 0.864. The van der Waals surface area contributed by atoms with Crippen LogP contribution in [0.3, 0.4) is 0 Å². The van der Waals surface area contributed by atoms with Crippen molar-refractivity contribution in [3.63, 3.8) is 0 Å². The molecule has 41 heavy (non-hydrogen) atoms. The van der Waals surface area contributed by atoms with E-state index in [-0.39, 0.29) is 29.3 Å². The maximum absolute atomic E-state index is 13.7. The van der Waals surface area contributed by atoms with Gasteiger partial charge in [-0.1, -0.05) is 36.4 Å². The number of pyridine rings is 2. The van der Waals surface area contributed by atoms with E-state index in [9.17, 15) is 26.3 Å². The minimum Gasteiger partial charge on any atom is -0.338 e. The molecule has 0 aliphatic carbocycles. The van der Waals surface area contributed by atoms with Gasteiger partial charge in [0.05, 0.1) is 35.2 Å². The second-order valence-electron chi connectivity index (χ2n) is 9.33. The number of nitrogens with one attached hydrogen (secondary N) is 1. The van der Waals surface area contributed by atoms with Gasteiger partial charge in [0.15, 0.2) is 0 Å². The summed E-state index contributed by atoms with van der Waals surface area (Å²) in [6, 6.07) is 18.5. The fraction of sp³-hybridized carbons (Fsp3) is 0.172. The summed E-state index contributed by atoms with van der Waals surface area (Å²) in [4.78, 5) is 18.6. The molecule has 0 saturated carbocycles. The zero-order valence-electron chi connectivity index (χ0n) is 21.5. The highest BCUT2D eigenvalue weighted by molar-refractivity contribution is 5.93. The van der Waals surface area contributed by atoms with Crippen molar-refractivity contribution in [3.8, 4) is 11.3 Å². The fourth-order valence-corrected chi connectivity index (χ4v) is 4.32. The van der Waals surface area contributed by atoms with Crippen LogP contribution in [0.4, 0.5) is 37.8 Å². The Morgan fingerprint density at radius 3 is 2.24 bits per heavy atom. The number of aromatic nitrogens is 4. The summed E-state index contributed by atoms with van der Waals surface area (Å²) < 4.78 is 80.0. The standard InChI is InChI=1S/C29H22F6N6/c1-41(16-18-6-3-2-4-7-18)17-25-39-23-14-19(26-22(28(30,31)32)8-5-13-36-26)9-11-21(23)27(40-25)38-20-10-12-24(37-15-20)29(33,34)35/h2-15H,16-17H2,1H3,(H,38,39,40). The van der Waals surface area contributed by atoms with Crippen LogP contribution >= 0.6 is 0 Å². The summed E-state index contributed by atoms with van der Waals surface area (Å²) in [5, 5.41) is 3.44. The Labute approximate surface area is 230 Å². The summed E-state index contributed by atoms with van der Waals surface area (Å²) in [7, 11) is 1.87. The summed E-state index contributed by atoms with van der Waals surface area (Å²) in [5.74, 6) is 0.621. The molecule has 0 saturated heterocycles. The molecular weight excluding hydrogens is 546 g/mol. The molecule has 0 aliphatic rings. The van der Waals surface area contributed by atoms with E-state index in [4.69, 9.17) is 0 Å². The highest BCUT2D eigenvalue weighted by Gasteiger charge is 2.34. The van der Waals surface area contributed by atoms with Gasteiger partial charge in [-0.2, -0.15) is 26.3 Å². The number of alkyl halides is 6. The van der Waals surface area contributed by atoms with Crippen LogP contribution < -0.4 is 5.32 Å². The molecule has 0 fully saturated rings. The van der Waals surface area contributed by atoms with Crippen LogP contribution in [0.25, 0.3) is 22.2 Å². The molecule has 210 valence electrons. The lowest BCUT2D eigenvalue weighted by Gasteiger charge is -2.18. The molecule has 0 unspecified atom stereocenters.